The van der Waals surface area contributed by atoms with Gasteiger partial charge in [-0.1, -0.05) is 6.07 Å². The van der Waals surface area contributed by atoms with Crippen molar-refractivity contribution in [3.63, 3.8) is 0 Å². The molecule has 1 amide bonds. The lowest BCUT2D eigenvalue weighted by Gasteiger charge is -2.21. The molecule has 0 radical (unpaired) electrons. The highest BCUT2D eigenvalue weighted by atomic mass is 32.2. The van der Waals surface area contributed by atoms with E-state index in [0.717, 1.165) is 5.56 Å². The first-order chi connectivity index (χ1) is 12.0. The Morgan fingerprint density at radius 2 is 2.04 bits per heavy atom. The van der Waals surface area contributed by atoms with Crippen molar-refractivity contribution in [2.75, 3.05) is 26.2 Å². The second-order valence-corrected chi connectivity index (χ2v) is 7.96. The van der Waals surface area contributed by atoms with Crippen LogP contribution in [0.2, 0.25) is 0 Å². The fraction of sp³-hybridized carbons (Fsp3) is 0.438. The average Bonchev–Trinajstić information content (AvgIpc) is 2.89. The van der Waals surface area contributed by atoms with Crippen molar-refractivity contribution in [2.24, 2.45) is 7.05 Å². The Morgan fingerprint density at radius 1 is 1.20 bits per heavy atom. The van der Waals surface area contributed by atoms with Gasteiger partial charge in [-0.3, -0.25) is 14.5 Å². The Morgan fingerprint density at radius 3 is 2.72 bits per heavy atom. The van der Waals surface area contributed by atoms with Crippen molar-refractivity contribution >= 4 is 15.9 Å². The molecule has 1 fully saturated rings. The zero-order valence-electron chi connectivity index (χ0n) is 14.1. The number of amides is 1. The molecule has 2 aromatic rings. The van der Waals surface area contributed by atoms with Gasteiger partial charge in [0.15, 0.2) is 0 Å². The van der Waals surface area contributed by atoms with Crippen LogP contribution in [0.5, 0.6) is 0 Å². The summed E-state index contributed by atoms with van der Waals surface area (Å²) in [6.45, 7) is 1.63. The third-order valence-electron chi connectivity index (χ3n) is 4.20. The number of hydrogen-bond donors (Lipinski definition) is 0. The molecule has 8 nitrogen and oxygen atoms in total. The van der Waals surface area contributed by atoms with Gasteiger partial charge in [0.25, 0.3) is 0 Å². The minimum absolute atomic E-state index is 0.00590. The van der Waals surface area contributed by atoms with Crippen LogP contribution in [-0.4, -0.2) is 64.5 Å². The number of hydrogen-bond acceptors (Lipinski definition) is 5. The lowest BCUT2D eigenvalue weighted by Crippen LogP contribution is -2.37. The molecular weight excluding hydrogens is 342 g/mol. The van der Waals surface area contributed by atoms with Gasteiger partial charge in [0.05, 0.1) is 12.6 Å². The van der Waals surface area contributed by atoms with Crippen molar-refractivity contribution in [1.29, 1.82) is 0 Å². The third kappa shape index (κ3) is 4.05. The molecule has 2 aromatic heterocycles. The van der Waals surface area contributed by atoms with Crippen LogP contribution in [0.25, 0.3) is 0 Å². The summed E-state index contributed by atoms with van der Waals surface area (Å²) in [5, 5.41) is 3.93. The molecule has 0 unspecified atom stereocenters. The number of sulfonamides is 1. The fourth-order valence-electron chi connectivity index (χ4n) is 2.85. The van der Waals surface area contributed by atoms with Crippen LogP contribution < -0.4 is 0 Å². The van der Waals surface area contributed by atoms with Gasteiger partial charge in [0.2, 0.25) is 15.9 Å². The Bertz CT molecular complexity index is 834. The molecule has 0 bridgehead atoms. The molecule has 9 heteroatoms. The minimum atomic E-state index is -3.57. The van der Waals surface area contributed by atoms with Crippen LogP contribution >= 0.6 is 0 Å². The maximum atomic E-state index is 12.7. The molecule has 0 aliphatic carbocycles. The Labute approximate surface area is 147 Å². The fourth-order valence-corrected chi connectivity index (χ4v) is 4.31. The second kappa shape index (κ2) is 7.32. The van der Waals surface area contributed by atoms with Crippen molar-refractivity contribution < 1.29 is 13.2 Å². The Hall–Kier alpha value is -2.26. The van der Waals surface area contributed by atoms with E-state index >= 15 is 0 Å². The van der Waals surface area contributed by atoms with Gasteiger partial charge in [0.1, 0.15) is 4.90 Å². The highest BCUT2D eigenvalue weighted by Crippen LogP contribution is 2.17. The number of aryl methyl sites for hydroxylation is 1. The van der Waals surface area contributed by atoms with Crippen LogP contribution in [0, 0.1) is 0 Å². The summed E-state index contributed by atoms with van der Waals surface area (Å²) in [6, 6.07) is 3.66. The molecule has 0 saturated carbocycles. The van der Waals surface area contributed by atoms with Gasteiger partial charge in [-0.2, -0.15) is 9.40 Å². The largest absolute Gasteiger partial charge is 0.341 e. The summed E-state index contributed by atoms with van der Waals surface area (Å²) < 4.78 is 28.3. The molecular formula is C16H21N5O3S. The molecule has 0 N–H and O–H groups in total. The lowest BCUT2D eigenvalue weighted by atomic mass is 10.2. The smallest absolute Gasteiger partial charge is 0.246 e. The number of aromatic nitrogens is 3. The molecule has 0 atom stereocenters. The first-order valence-corrected chi connectivity index (χ1v) is 9.56. The lowest BCUT2D eigenvalue weighted by molar-refractivity contribution is -0.130. The Kier molecular flexibility index (Phi) is 5.14. The average molecular weight is 363 g/mol. The number of pyridine rings is 1. The van der Waals surface area contributed by atoms with Crippen LogP contribution in [0.3, 0.4) is 0 Å². The standard InChI is InChI=1S/C16H21N5O3S/c1-19-13-15(12-18-19)25(23,24)21-7-3-6-20(8-9-21)16(22)10-14-4-2-5-17-11-14/h2,4-5,11-13H,3,6-10H2,1H3. The van der Waals surface area contributed by atoms with Crippen molar-refractivity contribution in [3.05, 3.63) is 42.5 Å². The van der Waals surface area contributed by atoms with E-state index in [0.29, 0.717) is 26.1 Å². The molecule has 25 heavy (non-hydrogen) atoms. The Balaban J connectivity index is 1.65. The normalized spacial score (nSPS) is 16.6. The molecule has 1 aliphatic rings. The van der Waals surface area contributed by atoms with Crippen molar-refractivity contribution in [3.8, 4) is 0 Å². The third-order valence-corrected chi connectivity index (χ3v) is 6.06. The molecule has 0 spiro atoms. The molecule has 3 heterocycles. The minimum Gasteiger partial charge on any atom is -0.341 e. The van der Waals surface area contributed by atoms with Gasteiger partial charge in [0, 0.05) is 51.8 Å². The summed E-state index contributed by atoms with van der Waals surface area (Å²) in [4.78, 5) is 18.4. The zero-order valence-corrected chi connectivity index (χ0v) is 14.9. The van der Waals surface area contributed by atoms with Crippen LogP contribution in [0.1, 0.15) is 12.0 Å². The van der Waals surface area contributed by atoms with Gasteiger partial charge in [-0.15, -0.1) is 0 Å². The number of nitrogens with zero attached hydrogens (tertiary/aromatic N) is 5. The SMILES string of the molecule is Cn1cc(S(=O)(=O)N2CCCN(C(=O)Cc3cccnc3)CC2)cn1. The van der Waals surface area contributed by atoms with E-state index in [9.17, 15) is 13.2 Å². The quantitative estimate of drug-likeness (QED) is 0.779. The predicted molar refractivity (Wildman–Crippen MR) is 91.1 cm³/mol. The number of carbonyl (C=O) groups is 1. The van der Waals surface area contributed by atoms with Crippen molar-refractivity contribution in [1.82, 2.24) is 24.0 Å². The zero-order chi connectivity index (χ0) is 17.9. The first-order valence-electron chi connectivity index (χ1n) is 8.12. The summed E-state index contributed by atoms with van der Waals surface area (Å²) in [5.41, 5.74) is 0.858. The van der Waals surface area contributed by atoms with Gasteiger partial charge in [-0.05, 0) is 18.1 Å². The topological polar surface area (TPSA) is 88.4 Å². The molecule has 134 valence electrons. The summed E-state index contributed by atoms with van der Waals surface area (Å²) in [6.07, 6.45) is 7.08. The first kappa shape index (κ1) is 17.6. The molecule has 1 saturated heterocycles. The van der Waals surface area contributed by atoms with Gasteiger partial charge < -0.3 is 4.90 Å². The monoisotopic (exact) mass is 363 g/mol. The summed E-state index contributed by atoms with van der Waals surface area (Å²) in [7, 11) is -1.89. The number of carbonyl (C=O) groups excluding carboxylic acids is 1. The van der Waals surface area contributed by atoms with E-state index in [4.69, 9.17) is 0 Å². The maximum Gasteiger partial charge on any atom is 0.246 e. The van der Waals surface area contributed by atoms with E-state index in [1.54, 1.807) is 30.4 Å². The van der Waals surface area contributed by atoms with Gasteiger partial charge in [-0.25, -0.2) is 8.42 Å². The maximum absolute atomic E-state index is 12.7. The van der Waals surface area contributed by atoms with E-state index in [1.807, 2.05) is 6.07 Å². The molecule has 1 aliphatic heterocycles. The van der Waals surface area contributed by atoms with Crippen LogP contribution in [0.15, 0.2) is 41.8 Å². The van der Waals surface area contributed by atoms with E-state index in [-0.39, 0.29) is 23.8 Å². The second-order valence-electron chi connectivity index (χ2n) is 6.03. The highest BCUT2D eigenvalue weighted by Gasteiger charge is 2.29. The van der Waals surface area contributed by atoms with E-state index in [1.165, 1.54) is 21.4 Å². The van der Waals surface area contributed by atoms with Gasteiger partial charge >= 0.3 is 0 Å². The summed E-state index contributed by atoms with van der Waals surface area (Å²) >= 11 is 0. The predicted octanol–water partition coefficient (Wildman–Crippen LogP) is 0.281. The van der Waals surface area contributed by atoms with Crippen LogP contribution in [0.4, 0.5) is 0 Å². The van der Waals surface area contributed by atoms with Crippen molar-refractivity contribution in [2.45, 2.75) is 17.7 Å². The molecule has 3 rings (SSSR count). The highest BCUT2D eigenvalue weighted by molar-refractivity contribution is 7.89. The van der Waals surface area contributed by atoms with E-state index in [2.05, 4.69) is 10.1 Å². The number of rotatable bonds is 4. The molecule has 0 aromatic carbocycles. The summed E-state index contributed by atoms with van der Waals surface area (Å²) in [5.74, 6) is -0.00590. The van der Waals surface area contributed by atoms with Crippen LogP contribution in [-0.2, 0) is 28.3 Å². The van der Waals surface area contributed by atoms with E-state index < -0.39 is 10.0 Å².